The molecule has 17 heavy (non-hydrogen) atoms. The summed E-state index contributed by atoms with van der Waals surface area (Å²) < 4.78 is 0. The van der Waals surface area contributed by atoms with Crippen LogP contribution in [-0.4, -0.2) is 17.0 Å². The molecule has 0 unspecified atom stereocenters. The Morgan fingerprint density at radius 2 is 2.29 bits per heavy atom. The van der Waals surface area contributed by atoms with Crippen molar-refractivity contribution >= 4 is 32.4 Å². The Balaban J connectivity index is 2.43. The predicted molar refractivity (Wildman–Crippen MR) is 75.4 cm³/mol. The molecule has 88 valence electrons. The largest absolute Gasteiger partial charge is 0.507 e. The van der Waals surface area contributed by atoms with E-state index in [9.17, 15) is 5.11 Å². The minimum atomic E-state index is 0.366. The zero-order valence-corrected chi connectivity index (χ0v) is 11.2. The first kappa shape index (κ1) is 10.9. The number of phenolic OH excluding ortho intramolecular Hbond substituents is 1. The van der Waals surface area contributed by atoms with E-state index in [1.54, 1.807) is 0 Å². The fraction of sp³-hybridized carbons (Fsp3) is 0.286. The van der Waals surface area contributed by atoms with Gasteiger partial charge in [-0.25, -0.2) is 0 Å². The summed E-state index contributed by atoms with van der Waals surface area (Å²) in [6, 6.07) is 7.93. The standard InChI is InChI=1S/C14H14BrNO/c1-8-3-2-4-10-12(17)5-11-14(13(8)10)9(6-15)7-16-11/h2-5,9,16-17H,6-7H2,1H3/t9-/m1/s1. The van der Waals surface area contributed by atoms with E-state index >= 15 is 0 Å². The van der Waals surface area contributed by atoms with E-state index in [-0.39, 0.29) is 0 Å². The third kappa shape index (κ3) is 1.53. The Labute approximate surface area is 109 Å². The maximum absolute atomic E-state index is 10.1. The lowest BCUT2D eigenvalue weighted by atomic mass is 9.93. The summed E-state index contributed by atoms with van der Waals surface area (Å²) in [7, 11) is 0. The summed E-state index contributed by atoms with van der Waals surface area (Å²) in [6.07, 6.45) is 0. The van der Waals surface area contributed by atoms with Crippen LogP contribution in [0.25, 0.3) is 10.8 Å². The van der Waals surface area contributed by atoms with Crippen LogP contribution in [0.4, 0.5) is 5.69 Å². The van der Waals surface area contributed by atoms with Gasteiger partial charge in [-0.1, -0.05) is 34.1 Å². The van der Waals surface area contributed by atoms with Crippen molar-refractivity contribution in [1.29, 1.82) is 0 Å². The van der Waals surface area contributed by atoms with Gasteiger partial charge in [-0.2, -0.15) is 0 Å². The monoisotopic (exact) mass is 291 g/mol. The third-order valence-corrected chi connectivity index (χ3v) is 4.30. The average molecular weight is 292 g/mol. The van der Waals surface area contributed by atoms with E-state index in [1.165, 1.54) is 16.5 Å². The molecule has 2 N–H and O–H groups in total. The zero-order valence-electron chi connectivity index (χ0n) is 9.63. The Morgan fingerprint density at radius 1 is 1.47 bits per heavy atom. The first-order valence-corrected chi connectivity index (χ1v) is 6.89. The van der Waals surface area contributed by atoms with Gasteiger partial charge >= 0.3 is 0 Å². The van der Waals surface area contributed by atoms with Crippen molar-refractivity contribution in [2.45, 2.75) is 12.8 Å². The normalized spacial score (nSPS) is 18.1. The molecular formula is C14H14BrNO. The van der Waals surface area contributed by atoms with E-state index in [4.69, 9.17) is 0 Å². The van der Waals surface area contributed by atoms with Gasteiger partial charge in [0.25, 0.3) is 0 Å². The molecule has 2 aromatic rings. The van der Waals surface area contributed by atoms with E-state index in [1.807, 2.05) is 18.2 Å². The van der Waals surface area contributed by atoms with E-state index in [0.717, 1.165) is 22.9 Å². The predicted octanol–water partition coefficient (Wildman–Crippen LogP) is 3.76. The second-order valence-electron chi connectivity index (χ2n) is 4.59. The summed E-state index contributed by atoms with van der Waals surface area (Å²) in [4.78, 5) is 0. The number of hydrogen-bond donors (Lipinski definition) is 2. The Bertz CT molecular complexity index is 594. The van der Waals surface area contributed by atoms with Crippen molar-refractivity contribution in [3.8, 4) is 5.75 Å². The summed E-state index contributed by atoms with van der Waals surface area (Å²) >= 11 is 3.57. The van der Waals surface area contributed by atoms with Crippen molar-refractivity contribution in [2.24, 2.45) is 0 Å². The van der Waals surface area contributed by atoms with Crippen LogP contribution < -0.4 is 5.32 Å². The minimum absolute atomic E-state index is 0.366. The number of anilines is 1. The molecule has 0 fully saturated rings. The van der Waals surface area contributed by atoms with Crippen LogP contribution in [0.2, 0.25) is 0 Å². The first-order chi connectivity index (χ1) is 8.22. The zero-order chi connectivity index (χ0) is 12.0. The number of fused-ring (bicyclic) bond motifs is 3. The maximum Gasteiger partial charge on any atom is 0.125 e. The number of phenols is 1. The number of alkyl halides is 1. The van der Waals surface area contributed by atoms with Crippen LogP contribution >= 0.6 is 15.9 Å². The number of halogens is 1. The molecule has 0 aromatic heterocycles. The number of aromatic hydroxyl groups is 1. The topological polar surface area (TPSA) is 32.3 Å². The molecule has 3 rings (SSSR count). The van der Waals surface area contributed by atoms with Gasteiger partial charge in [0.05, 0.1) is 0 Å². The minimum Gasteiger partial charge on any atom is -0.507 e. The highest BCUT2D eigenvalue weighted by molar-refractivity contribution is 9.09. The molecule has 1 aliphatic rings. The smallest absolute Gasteiger partial charge is 0.125 e. The van der Waals surface area contributed by atoms with Crippen LogP contribution in [0, 0.1) is 6.92 Å². The van der Waals surface area contributed by atoms with Crippen molar-refractivity contribution in [2.75, 3.05) is 17.2 Å². The van der Waals surface area contributed by atoms with Crippen LogP contribution in [-0.2, 0) is 0 Å². The lowest BCUT2D eigenvalue weighted by Gasteiger charge is -2.13. The Morgan fingerprint density at radius 3 is 3.06 bits per heavy atom. The van der Waals surface area contributed by atoms with Gasteiger partial charge in [0.15, 0.2) is 0 Å². The molecular weight excluding hydrogens is 278 g/mol. The fourth-order valence-electron chi connectivity index (χ4n) is 2.70. The van der Waals surface area contributed by atoms with Crippen molar-refractivity contribution in [3.05, 3.63) is 35.4 Å². The number of benzene rings is 2. The third-order valence-electron chi connectivity index (χ3n) is 3.52. The van der Waals surface area contributed by atoms with Gasteiger partial charge in [0.1, 0.15) is 5.75 Å². The lowest BCUT2D eigenvalue weighted by Crippen LogP contribution is -2.02. The van der Waals surface area contributed by atoms with E-state index in [2.05, 4.69) is 34.2 Å². The summed E-state index contributed by atoms with van der Waals surface area (Å²) in [6.45, 7) is 3.04. The molecule has 0 saturated heterocycles. The molecule has 1 heterocycles. The van der Waals surface area contributed by atoms with Crippen LogP contribution in [0.1, 0.15) is 17.0 Å². The molecule has 0 saturated carbocycles. The molecule has 2 aromatic carbocycles. The number of hydrogen-bond acceptors (Lipinski definition) is 2. The quantitative estimate of drug-likeness (QED) is 0.784. The maximum atomic E-state index is 10.1. The SMILES string of the molecule is Cc1cccc2c(O)cc3c(c12)[C@H](CBr)CN3. The Kier molecular flexibility index (Phi) is 2.51. The molecule has 1 atom stereocenters. The molecule has 3 heteroatoms. The highest BCUT2D eigenvalue weighted by Crippen LogP contribution is 2.43. The molecule has 0 radical (unpaired) electrons. The highest BCUT2D eigenvalue weighted by atomic mass is 79.9. The van der Waals surface area contributed by atoms with Gasteiger partial charge in [-0.3, -0.25) is 0 Å². The molecule has 0 bridgehead atoms. The second-order valence-corrected chi connectivity index (χ2v) is 5.23. The first-order valence-electron chi connectivity index (χ1n) is 5.77. The second kappa shape index (κ2) is 3.91. The summed E-state index contributed by atoms with van der Waals surface area (Å²) in [5.41, 5.74) is 3.64. The highest BCUT2D eigenvalue weighted by Gasteiger charge is 2.25. The van der Waals surface area contributed by atoms with Gasteiger partial charge in [0, 0.05) is 34.9 Å². The van der Waals surface area contributed by atoms with Crippen LogP contribution in [0.5, 0.6) is 5.75 Å². The van der Waals surface area contributed by atoms with Crippen LogP contribution in [0.3, 0.4) is 0 Å². The fourth-order valence-corrected chi connectivity index (χ4v) is 3.26. The number of rotatable bonds is 1. The molecule has 2 nitrogen and oxygen atoms in total. The lowest BCUT2D eigenvalue weighted by molar-refractivity contribution is 0.482. The van der Waals surface area contributed by atoms with E-state index in [0.29, 0.717) is 11.7 Å². The number of aryl methyl sites for hydroxylation is 1. The van der Waals surface area contributed by atoms with Gasteiger partial charge in [-0.15, -0.1) is 0 Å². The van der Waals surface area contributed by atoms with Crippen molar-refractivity contribution in [1.82, 2.24) is 0 Å². The average Bonchev–Trinajstić information content (AvgIpc) is 2.72. The van der Waals surface area contributed by atoms with Crippen LogP contribution in [0.15, 0.2) is 24.3 Å². The van der Waals surface area contributed by atoms with Gasteiger partial charge < -0.3 is 10.4 Å². The molecule has 0 spiro atoms. The summed E-state index contributed by atoms with van der Waals surface area (Å²) in [5.74, 6) is 0.847. The van der Waals surface area contributed by atoms with E-state index < -0.39 is 0 Å². The molecule has 1 aliphatic heterocycles. The number of nitrogens with one attached hydrogen (secondary N) is 1. The van der Waals surface area contributed by atoms with Crippen molar-refractivity contribution < 1.29 is 5.11 Å². The molecule has 0 aliphatic carbocycles. The summed E-state index contributed by atoms with van der Waals surface area (Å²) in [5, 5.41) is 16.5. The molecule has 0 amide bonds. The Hall–Kier alpha value is -1.22. The van der Waals surface area contributed by atoms with Crippen molar-refractivity contribution in [3.63, 3.8) is 0 Å². The van der Waals surface area contributed by atoms with Gasteiger partial charge in [-0.05, 0) is 23.4 Å². The van der Waals surface area contributed by atoms with Gasteiger partial charge in [0.2, 0.25) is 0 Å².